The zero-order chi connectivity index (χ0) is 19.6. The fourth-order valence-corrected chi connectivity index (χ4v) is 4.24. The van der Waals surface area contributed by atoms with E-state index >= 15 is 0 Å². The SMILES string of the molecule is O=C(NCc1nc(-c2ccccc2)no1)N1c2ccccc2Sc2ccccc21. The van der Waals surface area contributed by atoms with Crippen LogP contribution in [0.25, 0.3) is 11.4 Å². The van der Waals surface area contributed by atoms with Crippen molar-refractivity contribution in [2.45, 2.75) is 16.3 Å². The minimum absolute atomic E-state index is 0.145. The van der Waals surface area contributed by atoms with E-state index in [0.29, 0.717) is 11.7 Å². The summed E-state index contributed by atoms with van der Waals surface area (Å²) in [6.45, 7) is 0.145. The number of carbonyl (C=O) groups excluding carboxylic acids is 1. The van der Waals surface area contributed by atoms with Gasteiger partial charge in [0.05, 0.1) is 17.9 Å². The van der Waals surface area contributed by atoms with Gasteiger partial charge in [0, 0.05) is 15.4 Å². The van der Waals surface area contributed by atoms with Crippen molar-refractivity contribution in [2.75, 3.05) is 4.90 Å². The van der Waals surface area contributed by atoms with Crippen molar-refractivity contribution in [3.05, 3.63) is 84.8 Å². The van der Waals surface area contributed by atoms with Gasteiger partial charge in [-0.1, -0.05) is 71.5 Å². The summed E-state index contributed by atoms with van der Waals surface area (Å²) in [5, 5.41) is 6.89. The lowest BCUT2D eigenvalue weighted by molar-refractivity contribution is 0.246. The van der Waals surface area contributed by atoms with Crippen LogP contribution in [-0.4, -0.2) is 16.2 Å². The molecule has 3 aromatic carbocycles. The highest BCUT2D eigenvalue weighted by Crippen LogP contribution is 2.47. The Bertz CT molecular complexity index is 1130. The number of para-hydroxylation sites is 2. The van der Waals surface area contributed by atoms with Crippen LogP contribution in [0, 0.1) is 0 Å². The molecule has 0 unspecified atom stereocenters. The average molecular weight is 400 g/mol. The van der Waals surface area contributed by atoms with Crippen LogP contribution in [0.4, 0.5) is 16.2 Å². The first-order chi connectivity index (χ1) is 14.3. The van der Waals surface area contributed by atoms with Gasteiger partial charge in [0.2, 0.25) is 11.7 Å². The molecule has 1 aliphatic rings. The number of fused-ring (bicyclic) bond motifs is 2. The number of benzene rings is 3. The molecule has 2 amide bonds. The van der Waals surface area contributed by atoms with Crippen LogP contribution in [0.15, 0.2) is 93.2 Å². The van der Waals surface area contributed by atoms with Gasteiger partial charge in [-0.2, -0.15) is 4.98 Å². The van der Waals surface area contributed by atoms with Crippen molar-refractivity contribution in [3.63, 3.8) is 0 Å². The Morgan fingerprint density at radius 1 is 0.897 bits per heavy atom. The number of amides is 2. The van der Waals surface area contributed by atoms with E-state index in [-0.39, 0.29) is 12.6 Å². The number of aromatic nitrogens is 2. The van der Waals surface area contributed by atoms with Crippen molar-refractivity contribution in [1.29, 1.82) is 0 Å². The molecule has 0 radical (unpaired) electrons. The van der Waals surface area contributed by atoms with E-state index < -0.39 is 0 Å². The molecule has 0 saturated carbocycles. The first-order valence-electron chi connectivity index (χ1n) is 9.11. The number of hydrogen-bond donors (Lipinski definition) is 1. The number of nitrogens with one attached hydrogen (secondary N) is 1. The predicted molar refractivity (Wildman–Crippen MR) is 111 cm³/mol. The molecule has 0 bridgehead atoms. The summed E-state index contributed by atoms with van der Waals surface area (Å²) in [6, 6.07) is 25.0. The van der Waals surface area contributed by atoms with Gasteiger partial charge in [0.1, 0.15) is 0 Å². The molecule has 0 atom stereocenters. The lowest BCUT2D eigenvalue weighted by atomic mass is 10.2. The Hall–Kier alpha value is -3.58. The summed E-state index contributed by atoms with van der Waals surface area (Å²) in [4.78, 5) is 21.2. The summed E-state index contributed by atoms with van der Waals surface area (Å²) < 4.78 is 5.30. The van der Waals surface area contributed by atoms with Gasteiger partial charge < -0.3 is 9.84 Å². The Balaban J connectivity index is 1.37. The summed E-state index contributed by atoms with van der Waals surface area (Å²) in [6.07, 6.45) is 0. The predicted octanol–water partition coefficient (Wildman–Crippen LogP) is 5.25. The van der Waals surface area contributed by atoms with E-state index in [9.17, 15) is 4.79 Å². The molecule has 7 heteroatoms. The fraction of sp³-hybridized carbons (Fsp3) is 0.0455. The number of nitrogens with zero attached hydrogens (tertiary/aromatic N) is 3. The van der Waals surface area contributed by atoms with Crippen LogP contribution in [0.3, 0.4) is 0 Å². The Morgan fingerprint density at radius 2 is 1.52 bits per heavy atom. The minimum atomic E-state index is -0.246. The van der Waals surface area contributed by atoms with E-state index in [1.165, 1.54) is 0 Å². The first-order valence-corrected chi connectivity index (χ1v) is 9.93. The second-order valence-corrected chi connectivity index (χ2v) is 7.49. The third-order valence-electron chi connectivity index (χ3n) is 4.53. The largest absolute Gasteiger partial charge is 0.337 e. The molecule has 0 saturated heterocycles. The highest BCUT2D eigenvalue weighted by molar-refractivity contribution is 7.99. The van der Waals surface area contributed by atoms with Gasteiger partial charge in [0.25, 0.3) is 0 Å². The summed E-state index contributed by atoms with van der Waals surface area (Å²) >= 11 is 1.66. The highest BCUT2D eigenvalue weighted by atomic mass is 32.2. The fourth-order valence-electron chi connectivity index (χ4n) is 3.18. The van der Waals surface area contributed by atoms with Gasteiger partial charge in [-0.3, -0.25) is 4.90 Å². The standard InChI is InChI=1S/C22H16N4O2S/c27-22(23-14-20-24-21(25-28-20)15-8-2-1-3-9-15)26-16-10-4-6-12-18(16)29-19-13-7-5-11-17(19)26/h1-13H,14H2,(H,23,27). The molecule has 0 spiro atoms. The Labute approximate surface area is 171 Å². The van der Waals surface area contributed by atoms with Crippen LogP contribution >= 0.6 is 11.8 Å². The molecule has 5 rings (SSSR count). The summed E-state index contributed by atoms with van der Waals surface area (Å²) in [7, 11) is 0. The number of urea groups is 1. The van der Waals surface area contributed by atoms with Crippen LogP contribution in [0.2, 0.25) is 0 Å². The maximum atomic E-state index is 13.1. The molecule has 29 heavy (non-hydrogen) atoms. The van der Waals surface area contributed by atoms with Gasteiger partial charge in [-0.25, -0.2) is 4.79 Å². The van der Waals surface area contributed by atoms with E-state index in [1.54, 1.807) is 16.7 Å². The number of hydrogen-bond acceptors (Lipinski definition) is 5. The maximum absolute atomic E-state index is 13.1. The monoisotopic (exact) mass is 400 g/mol. The van der Waals surface area contributed by atoms with Gasteiger partial charge in [-0.15, -0.1) is 0 Å². The third kappa shape index (κ3) is 3.36. The van der Waals surface area contributed by atoms with Crippen molar-refractivity contribution in [1.82, 2.24) is 15.5 Å². The summed E-state index contributed by atoms with van der Waals surface area (Å²) in [5.41, 5.74) is 2.57. The van der Waals surface area contributed by atoms with E-state index in [1.807, 2.05) is 78.9 Å². The minimum Gasteiger partial charge on any atom is -0.337 e. The van der Waals surface area contributed by atoms with Gasteiger partial charge in [-0.05, 0) is 24.3 Å². The molecule has 1 N–H and O–H groups in total. The average Bonchev–Trinajstić information content (AvgIpc) is 3.25. The molecule has 1 aliphatic heterocycles. The van der Waals surface area contributed by atoms with E-state index in [4.69, 9.17) is 4.52 Å². The second-order valence-electron chi connectivity index (χ2n) is 6.41. The highest BCUT2D eigenvalue weighted by Gasteiger charge is 2.28. The Kier molecular flexibility index (Phi) is 4.50. The molecular formula is C22H16N4O2S. The van der Waals surface area contributed by atoms with Crippen molar-refractivity contribution >= 4 is 29.2 Å². The van der Waals surface area contributed by atoms with Crippen LogP contribution in [0.1, 0.15) is 5.89 Å². The Morgan fingerprint density at radius 3 is 2.21 bits per heavy atom. The zero-order valence-electron chi connectivity index (χ0n) is 15.3. The zero-order valence-corrected chi connectivity index (χ0v) is 16.1. The number of anilines is 2. The molecule has 142 valence electrons. The lowest BCUT2D eigenvalue weighted by Gasteiger charge is -2.30. The first kappa shape index (κ1) is 17.5. The molecule has 0 fully saturated rings. The topological polar surface area (TPSA) is 71.3 Å². The molecular weight excluding hydrogens is 384 g/mol. The summed E-state index contributed by atoms with van der Waals surface area (Å²) in [5.74, 6) is 0.852. The van der Waals surface area contributed by atoms with E-state index in [0.717, 1.165) is 26.7 Å². The van der Waals surface area contributed by atoms with Crippen molar-refractivity contribution in [2.24, 2.45) is 0 Å². The van der Waals surface area contributed by atoms with Crippen LogP contribution < -0.4 is 10.2 Å². The van der Waals surface area contributed by atoms with Gasteiger partial charge >= 0.3 is 6.03 Å². The quantitative estimate of drug-likeness (QED) is 0.509. The third-order valence-corrected chi connectivity index (χ3v) is 5.66. The molecule has 0 aliphatic carbocycles. The normalized spacial score (nSPS) is 12.2. The van der Waals surface area contributed by atoms with Crippen molar-refractivity contribution < 1.29 is 9.32 Å². The van der Waals surface area contributed by atoms with Crippen molar-refractivity contribution in [3.8, 4) is 11.4 Å². The van der Waals surface area contributed by atoms with Gasteiger partial charge in [0.15, 0.2) is 0 Å². The molecule has 6 nitrogen and oxygen atoms in total. The van der Waals surface area contributed by atoms with Crippen LogP contribution in [0.5, 0.6) is 0 Å². The second kappa shape index (κ2) is 7.44. The number of carbonyl (C=O) groups is 1. The number of rotatable bonds is 3. The van der Waals surface area contributed by atoms with E-state index in [2.05, 4.69) is 15.5 Å². The molecule has 4 aromatic rings. The van der Waals surface area contributed by atoms with Crippen LogP contribution in [-0.2, 0) is 6.54 Å². The smallest absolute Gasteiger partial charge is 0.327 e. The lowest BCUT2D eigenvalue weighted by Crippen LogP contribution is -2.37. The maximum Gasteiger partial charge on any atom is 0.327 e. The molecule has 2 heterocycles. The molecule has 1 aromatic heterocycles.